The molecule has 0 aliphatic heterocycles. The molecule has 0 saturated heterocycles. The summed E-state index contributed by atoms with van der Waals surface area (Å²) in [5.41, 5.74) is 1.40. The van der Waals surface area contributed by atoms with E-state index in [2.05, 4.69) is 12.0 Å². The third kappa shape index (κ3) is 2.91. The van der Waals surface area contributed by atoms with Crippen molar-refractivity contribution in [1.82, 2.24) is 5.01 Å². The molecule has 0 aromatic rings. The zero-order chi connectivity index (χ0) is 8.10. The van der Waals surface area contributed by atoms with Crippen molar-refractivity contribution in [3.8, 4) is 0 Å². The van der Waals surface area contributed by atoms with Gasteiger partial charge in [0.15, 0.2) is 0 Å². The predicted molar refractivity (Wildman–Crippen MR) is 48.8 cm³/mol. The molecular formula is C9H18N2. The van der Waals surface area contributed by atoms with E-state index in [1.54, 1.807) is 0 Å². The molecule has 64 valence electrons. The van der Waals surface area contributed by atoms with Crippen LogP contribution in [0.1, 0.15) is 39.0 Å². The fourth-order valence-corrected chi connectivity index (χ4v) is 1.37. The van der Waals surface area contributed by atoms with Gasteiger partial charge in [0, 0.05) is 19.3 Å². The van der Waals surface area contributed by atoms with Crippen LogP contribution in [0.3, 0.4) is 0 Å². The fraction of sp³-hybridized carbons (Fsp3) is 0.889. The Labute approximate surface area is 69.3 Å². The Hall–Kier alpha value is -0.530. The molecule has 0 aromatic heterocycles. The van der Waals surface area contributed by atoms with Crippen molar-refractivity contribution in [3.05, 3.63) is 0 Å². The number of hydrogen-bond acceptors (Lipinski definition) is 2. The predicted octanol–water partition coefficient (Wildman–Crippen LogP) is 2.26. The van der Waals surface area contributed by atoms with Gasteiger partial charge in [-0.3, -0.25) is 0 Å². The second-order valence-electron chi connectivity index (χ2n) is 3.20. The molecule has 1 aliphatic carbocycles. The first-order chi connectivity index (χ1) is 5.33. The van der Waals surface area contributed by atoms with Crippen molar-refractivity contribution in [3.63, 3.8) is 0 Å². The first-order valence-corrected chi connectivity index (χ1v) is 4.60. The van der Waals surface area contributed by atoms with Gasteiger partial charge in [0.25, 0.3) is 0 Å². The lowest BCUT2D eigenvalue weighted by atomic mass is 9.99. The minimum Gasteiger partial charge on any atom is -0.300 e. The first-order valence-electron chi connectivity index (χ1n) is 4.60. The molecule has 2 heteroatoms. The molecule has 1 rings (SSSR count). The minimum atomic E-state index is 1.02. The quantitative estimate of drug-likeness (QED) is 0.557. The number of hydrazone groups is 1. The van der Waals surface area contributed by atoms with Gasteiger partial charge in [-0.25, -0.2) is 0 Å². The molecule has 1 aliphatic rings. The lowest BCUT2D eigenvalue weighted by Gasteiger charge is -2.16. The average Bonchev–Trinajstić information content (AvgIpc) is 2.06. The maximum Gasteiger partial charge on any atom is 0.0380 e. The summed E-state index contributed by atoms with van der Waals surface area (Å²) in [4.78, 5) is 0. The van der Waals surface area contributed by atoms with E-state index in [0.717, 1.165) is 6.54 Å². The Bertz CT molecular complexity index is 132. The zero-order valence-corrected chi connectivity index (χ0v) is 7.64. The first kappa shape index (κ1) is 8.57. The van der Waals surface area contributed by atoms with Gasteiger partial charge in [0.2, 0.25) is 0 Å². The molecule has 0 spiro atoms. The van der Waals surface area contributed by atoms with Gasteiger partial charge in [-0.1, -0.05) is 6.42 Å². The lowest BCUT2D eigenvalue weighted by Crippen LogP contribution is -2.15. The van der Waals surface area contributed by atoms with Gasteiger partial charge in [0.1, 0.15) is 0 Å². The summed E-state index contributed by atoms with van der Waals surface area (Å²) >= 11 is 0. The Morgan fingerprint density at radius 3 is 2.45 bits per heavy atom. The van der Waals surface area contributed by atoms with Crippen LogP contribution < -0.4 is 0 Å². The smallest absolute Gasteiger partial charge is 0.0380 e. The van der Waals surface area contributed by atoms with Gasteiger partial charge in [-0.2, -0.15) is 5.10 Å². The molecule has 2 nitrogen and oxygen atoms in total. The van der Waals surface area contributed by atoms with E-state index in [1.165, 1.54) is 37.8 Å². The normalized spacial score (nSPS) is 18.2. The molecule has 0 bridgehead atoms. The number of hydrogen-bond donors (Lipinski definition) is 0. The summed E-state index contributed by atoms with van der Waals surface area (Å²) in [6.45, 7) is 3.15. The summed E-state index contributed by atoms with van der Waals surface area (Å²) < 4.78 is 0. The van der Waals surface area contributed by atoms with Crippen LogP contribution >= 0.6 is 0 Å². The average molecular weight is 154 g/mol. The van der Waals surface area contributed by atoms with E-state index in [-0.39, 0.29) is 0 Å². The highest BCUT2D eigenvalue weighted by atomic mass is 15.4. The molecule has 0 radical (unpaired) electrons. The summed E-state index contributed by atoms with van der Waals surface area (Å²) in [5, 5.41) is 6.53. The number of rotatable bonds is 2. The zero-order valence-electron chi connectivity index (χ0n) is 7.64. The molecule has 1 fully saturated rings. The second kappa shape index (κ2) is 4.37. The molecule has 1 saturated carbocycles. The van der Waals surface area contributed by atoms with Crippen molar-refractivity contribution >= 4 is 5.71 Å². The van der Waals surface area contributed by atoms with Crippen LogP contribution in [-0.4, -0.2) is 24.3 Å². The summed E-state index contributed by atoms with van der Waals surface area (Å²) in [5.74, 6) is 0. The van der Waals surface area contributed by atoms with Crippen LogP contribution in [-0.2, 0) is 0 Å². The monoisotopic (exact) mass is 154 g/mol. The molecule has 0 aromatic carbocycles. The molecule has 0 atom stereocenters. The third-order valence-corrected chi connectivity index (χ3v) is 2.20. The Morgan fingerprint density at radius 2 is 1.91 bits per heavy atom. The molecule has 0 heterocycles. The van der Waals surface area contributed by atoms with Gasteiger partial charge in [0.05, 0.1) is 0 Å². The van der Waals surface area contributed by atoms with Crippen molar-refractivity contribution < 1.29 is 0 Å². The van der Waals surface area contributed by atoms with Crippen LogP contribution in [0.25, 0.3) is 0 Å². The number of nitrogens with zero attached hydrogens (tertiary/aromatic N) is 2. The van der Waals surface area contributed by atoms with Crippen LogP contribution in [0, 0.1) is 0 Å². The minimum absolute atomic E-state index is 1.02. The Morgan fingerprint density at radius 1 is 1.27 bits per heavy atom. The second-order valence-corrected chi connectivity index (χ2v) is 3.20. The highest BCUT2D eigenvalue weighted by molar-refractivity contribution is 5.84. The topological polar surface area (TPSA) is 15.6 Å². The van der Waals surface area contributed by atoms with Gasteiger partial charge >= 0.3 is 0 Å². The van der Waals surface area contributed by atoms with E-state index >= 15 is 0 Å². The van der Waals surface area contributed by atoms with E-state index in [9.17, 15) is 0 Å². The summed E-state index contributed by atoms with van der Waals surface area (Å²) in [6, 6.07) is 0. The highest BCUT2D eigenvalue weighted by Crippen LogP contribution is 2.14. The summed E-state index contributed by atoms with van der Waals surface area (Å²) in [7, 11) is 2.04. The van der Waals surface area contributed by atoms with Crippen molar-refractivity contribution in [2.75, 3.05) is 13.6 Å². The van der Waals surface area contributed by atoms with Crippen molar-refractivity contribution in [2.45, 2.75) is 39.0 Å². The molecule has 0 N–H and O–H groups in total. The van der Waals surface area contributed by atoms with Crippen LogP contribution in [0.4, 0.5) is 0 Å². The van der Waals surface area contributed by atoms with E-state index in [0.29, 0.717) is 0 Å². The van der Waals surface area contributed by atoms with Crippen molar-refractivity contribution in [1.29, 1.82) is 0 Å². The summed E-state index contributed by atoms with van der Waals surface area (Å²) in [6.07, 6.45) is 6.54. The Kier molecular flexibility index (Phi) is 3.40. The van der Waals surface area contributed by atoms with Gasteiger partial charge < -0.3 is 5.01 Å². The van der Waals surface area contributed by atoms with Gasteiger partial charge in [-0.15, -0.1) is 0 Å². The molecule has 0 unspecified atom stereocenters. The molecule has 11 heavy (non-hydrogen) atoms. The fourth-order valence-electron chi connectivity index (χ4n) is 1.37. The van der Waals surface area contributed by atoms with E-state index in [1.807, 2.05) is 12.1 Å². The molecular weight excluding hydrogens is 136 g/mol. The van der Waals surface area contributed by atoms with Crippen LogP contribution in [0.5, 0.6) is 0 Å². The maximum absolute atomic E-state index is 4.50. The largest absolute Gasteiger partial charge is 0.300 e. The van der Waals surface area contributed by atoms with Crippen LogP contribution in [0.15, 0.2) is 5.10 Å². The Balaban J connectivity index is 2.37. The lowest BCUT2D eigenvalue weighted by molar-refractivity contribution is 0.371. The van der Waals surface area contributed by atoms with E-state index in [4.69, 9.17) is 0 Å². The highest BCUT2D eigenvalue weighted by Gasteiger charge is 2.06. The van der Waals surface area contributed by atoms with E-state index < -0.39 is 0 Å². The molecule has 0 amide bonds. The van der Waals surface area contributed by atoms with Crippen molar-refractivity contribution in [2.24, 2.45) is 5.10 Å². The van der Waals surface area contributed by atoms with Gasteiger partial charge in [-0.05, 0) is 32.6 Å². The maximum atomic E-state index is 4.50. The standard InChI is InChI=1S/C9H18N2/c1-3-11(2)10-9-7-5-4-6-8-9/h3-8H2,1-2H3. The SMILES string of the molecule is CCN(C)N=C1CCCCC1. The third-order valence-electron chi connectivity index (χ3n) is 2.20. The van der Waals surface area contributed by atoms with Crippen LogP contribution in [0.2, 0.25) is 0 Å².